The Labute approximate surface area is 93.5 Å². The summed E-state index contributed by atoms with van der Waals surface area (Å²) in [6.45, 7) is 1.93. The Morgan fingerprint density at radius 2 is 2.00 bits per heavy atom. The predicted octanol–water partition coefficient (Wildman–Crippen LogP) is 1.04. The highest BCUT2D eigenvalue weighted by Crippen LogP contribution is 2.21. The van der Waals surface area contributed by atoms with E-state index in [0.717, 1.165) is 11.1 Å². The van der Waals surface area contributed by atoms with Gasteiger partial charge in [0, 0.05) is 6.54 Å². The van der Waals surface area contributed by atoms with Crippen molar-refractivity contribution in [2.24, 2.45) is 0 Å². The first-order valence-electron chi connectivity index (χ1n) is 5.18. The van der Waals surface area contributed by atoms with Gasteiger partial charge < -0.3 is 10.0 Å². The van der Waals surface area contributed by atoms with Crippen molar-refractivity contribution < 1.29 is 14.7 Å². The van der Waals surface area contributed by atoms with Gasteiger partial charge in [-0.3, -0.25) is 4.79 Å². The van der Waals surface area contributed by atoms with Crippen LogP contribution in [0.25, 0.3) is 0 Å². The molecule has 0 aromatic heterocycles. The van der Waals surface area contributed by atoms with Gasteiger partial charge in [-0.25, -0.2) is 4.79 Å². The van der Waals surface area contributed by atoms with Crippen molar-refractivity contribution in [2.45, 2.75) is 25.9 Å². The molecule has 1 heterocycles. The number of carboxylic acid groups (broad SMARTS) is 1. The molecule has 16 heavy (non-hydrogen) atoms. The number of carboxylic acids is 1. The Kier molecular flexibility index (Phi) is 2.64. The fourth-order valence-electron chi connectivity index (χ4n) is 1.91. The molecule has 1 aliphatic heterocycles. The summed E-state index contributed by atoms with van der Waals surface area (Å²) in [5.41, 5.74) is 2.04. The number of nitrogens with zero attached hydrogens (tertiary/aromatic N) is 1. The van der Waals surface area contributed by atoms with E-state index in [0.29, 0.717) is 13.0 Å². The average Bonchev–Trinajstić information content (AvgIpc) is 2.27. The van der Waals surface area contributed by atoms with Crippen LogP contribution in [0.3, 0.4) is 0 Å². The van der Waals surface area contributed by atoms with E-state index in [1.54, 1.807) is 0 Å². The number of benzene rings is 1. The molecule has 0 aliphatic carbocycles. The van der Waals surface area contributed by atoms with E-state index >= 15 is 0 Å². The molecule has 4 heteroatoms. The molecule has 2 rings (SSSR count). The van der Waals surface area contributed by atoms with Gasteiger partial charge in [-0.15, -0.1) is 0 Å². The van der Waals surface area contributed by atoms with Crippen molar-refractivity contribution in [3.63, 3.8) is 0 Å². The van der Waals surface area contributed by atoms with E-state index in [-0.39, 0.29) is 5.91 Å². The van der Waals surface area contributed by atoms with Gasteiger partial charge >= 0.3 is 5.97 Å². The van der Waals surface area contributed by atoms with E-state index in [2.05, 4.69) is 0 Å². The Balaban J connectivity index is 2.28. The summed E-state index contributed by atoms with van der Waals surface area (Å²) in [5, 5.41) is 8.91. The highest BCUT2D eigenvalue weighted by atomic mass is 16.4. The van der Waals surface area contributed by atoms with Crippen molar-refractivity contribution in [3.05, 3.63) is 35.4 Å². The second-order valence-corrected chi connectivity index (χ2v) is 3.98. The molecule has 1 amide bonds. The van der Waals surface area contributed by atoms with Gasteiger partial charge in [-0.2, -0.15) is 0 Å². The maximum atomic E-state index is 11.8. The first kappa shape index (κ1) is 10.7. The molecule has 0 fully saturated rings. The molecule has 1 aliphatic rings. The Hall–Kier alpha value is -1.84. The molecule has 4 nitrogen and oxygen atoms in total. The summed E-state index contributed by atoms with van der Waals surface area (Å²) < 4.78 is 0. The van der Waals surface area contributed by atoms with Crippen LogP contribution in [-0.2, 0) is 22.6 Å². The molecule has 0 spiro atoms. The lowest BCUT2D eigenvalue weighted by molar-refractivity contribution is -0.150. The molecule has 0 bridgehead atoms. The van der Waals surface area contributed by atoms with Gasteiger partial charge in [-0.05, 0) is 18.1 Å². The van der Waals surface area contributed by atoms with E-state index in [1.165, 1.54) is 11.8 Å². The fraction of sp³-hybridized carbons (Fsp3) is 0.333. The van der Waals surface area contributed by atoms with Crippen LogP contribution in [0.4, 0.5) is 0 Å². The average molecular weight is 219 g/mol. The molecule has 84 valence electrons. The number of fused-ring (bicyclic) bond motifs is 1. The summed E-state index contributed by atoms with van der Waals surface area (Å²) in [4.78, 5) is 24.0. The lowest BCUT2D eigenvalue weighted by Gasteiger charge is -2.31. The number of rotatable bonds is 2. The third kappa shape index (κ3) is 1.78. The Bertz CT molecular complexity index is 442. The topological polar surface area (TPSA) is 57.6 Å². The number of hydrogen-bond acceptors (Lipinski definition) is 2. The van der Waals surface area contributed by atoms with Crippen LogP contribution in [0, 0.1) is 0 Å². The molecule has 1 atom stereocenters. The van der Waals surface area contributed by atoms with Crippen LogP contribution >= 0.6 is 0 Å². The largest absolute Gasteiger partial charge is 0.480 e. The lowest BCUT2D eigenvalue weighted by atomic mass is 9.98. The zero-order valence-electron chi connectivity index (χ0n) is 9.01. The highest BCUT2D eigenvalue weighted by Gasteiger charge is 2.29. The molecule has 1 aromatic carbocycles. The number of aliphatic carboxylic acids is 1. The van der Waals surface area contributed by atoms with Crippen LogP contribution in [0.15, 0.2) is 24.3 Å². The molecular formula is C12H13NO3. The minimum Gasteiger partial charge on any atom is -0.480 e. The quantitative estimate of drug-likeness (QED) is 0.808. The van der Waals surface area contributed by atoms with Crippen molar-refractivity contribution in [2.75, 3.05) is 0 Å². The maximum Gasteiger partial charge on any atom is 0.326 e. The Morgan fingerprint density at radius 1 is 1.38 bits per heavy atom. The summed E-state index contributed by atoms with van der Waals surface area (Å²) in [6, 6.07) is 6.88. The fourth-order valence-corrected chi connectivity index (χ4v) is 1.91. The van der Waals surface area contributed by atoms with Crippen molar-refractivity contribution in [1.29, 1.82) is 0 Å². The van der Waals surface area contributed by atoms with Gasteiger partial charge in [-0.1, -0.05) is 24.3 Å². The third-order valence-corrected chi connectivity index (χ3v) is 2.95. The van der Waals surface area contributed by atoms with E-state index < -0.39 is 12.0 Å². The summed E-state index contributed by atoms with van der Waals surface area (Å²) >= 11 is 0. The molecule has 1 N–H and O–H groups in total. The molecular weight excluding hydrogens is 206 g/mol. The lowest BCUT2D eigenvalue weighted by Crippen LogP contribution is -2.45. The monoisotopic (exact) mass is 219 g/mol. The van der Waals surface area contributed by atoms with Crippen LogP contribution in [0.1, 0.15) is 18.1 Å². The SMILES string of the molecule is CC(C(=O)O)N1Cc2ccccc2CC1=O. The van der Waals surface area contributed by atoms with Crippen LogP contribution < -0.4 is 0 Å². The van der Waals surface area contributed by atoms with Crippen LogP contribution in [-0.4, -0.2) is 27.9 Å². The number of carbonyl (C=O) groups is 2. The third-order valence-electron chi connectivity index (χ3n) is 2.95. The van der Waals surface area contributed by atoms with E-state index in [4.69, 9.17) is 5.11 Å². The summed E-state index contributed by atoms with van der Waals surface area (Å²) in [5.74, 6) is -1.08. The van der Waals surface area contributed by atoms with Crippen molar-refractivity contribution in [3.8, 4) is 0 Å². The first-order chi connectivity index (χ1) is 7.59. The molecule has 1 unspecified atom stereocenters. The molecule has 0 saturated heterocycles. The predicted molar refractivity (Wildman–Crippen MR) is 57.8 cm³/mol. The zero-order chi connectivity index (χ0) is 11.7. The van der Waals surface area contributed by atoms with Gasteiger partial charge in [0.1, 0.15) is 6.04 Å². The van der Waals surface area contributed by atoms with Gasteiger partial charge in [0.2, 0.25) is 5.91 Å². The molecule has 1 aromatic rings. The number of carbonyl (C=O) groups excluding carboxylic acids is 1. The summed E-state index contributed by atoms with van der Waals surface area (Å²) in [6.07, 6.45) is 0.299. The molecule has 0 radical (unpaired) electrons. The van der Waals surface area contributed by atoms with Crippen LogP contribution in [0.5, 0.6) is 0 Å². The summed E-state index contributed by atoms with van der Waals surface area (Å²) in [7, 11) is 0. The van der Waals surface area contributed by atoms with E-state index in [1.807, 2.05) is 24.3 Å². The number of amides is 1. The minimum absolute atomic E-state index is 0.117. The highest BCUT2D eigenvalue weighted by molar-refractivity contribution is 5.86. The van der Waals surface area contributed by atoms with Gasteiger partial charge in [0.05, 0.1) is 6.42 Å². The Morgan fingerprint density at radius 3 is 2.62 bits per heavy atom. The van der Waals surface area contributed by atoms with Crippen LogP contribution in [0.2, 0.25) is 0 Å². The first-order valence-corrected chi connectivity index (χ1v) is 5.18. The smallest absolute Gasteiger partial charge is 0.326 e. The minimum atomic E-state index is -0.965. The zero-order valence-corrected chi connectivity index (χ0v) is 9.01. The standard InChI is InChI=1S/C12H13NO3/c1-8(12(15)16)13-7-10-5-3-2-4-9(10)6-11(13)14/h2-5,8H,6-7H2,1H3,(H,15,16). The van der Waals surface area contributed by atoms with E-state index in [9.17, 15) is 9.59 Å². The molecule has 0 saturated carbocycles. The second-order valence-electron chi connectivity index (χ2n) is 3.98. The van der Waals surface area contributed by atoms with Crippen molar-refractivity contribution >= 4 is 11.9 Å². The van der Waals surface area contributed by atoms with Gasteiger partial charge in [0.25, 0.3) is 0 Å². The second kappa shape index (κ2) is 3.96. The maximum absolute atomic E-state index is 11.8. The number of hydrogen-bond donors (Lipinski definition) is 1. The van der Waals surface area contributed by atoms with Gasteiger partial charge in [0.15, 0.2) is 0 Å². The van der Waals surface area contributed by atoms with Crippen molar-refractivity contribution in [1.82, 2.24) is 4.90 Å². The normalized spacial score (nSPS) is 16.8.